The molecule has 0 aliphatic carbocycles. The summed E-state index contributed by atoms with van der Waals surface area (Å²) in [6.07, 6.45) is -0.874. The predicted molar refractivity (Wildman–Crippen MR) is 108 cm³/mol. The number of aromatic nitrogens is 1. The van der Waals surface area contributed by atoms with Gasteiger partial charge in [0, 0.05) is 12.6 Å². The van der Waals surface area contributed by atoms with Crippen LogP contribution in [0.1, 0.15) is 18.1 Å². The van der Waals surface area contributed by atoms with Gasteiger partial charge in [0.2, 0.25) is 5.91 Å². The predicted octanol–water partition coefficient (Wildman–Crippen LogP) is 1.52. The molecule has 1 aromatic carbocycles. The molecule has 2 aromatic rings. The molecule has 3 atom stereocenters. The molecule has 0 radical (unpaired) electrons. The second kappa shape index (κ2) is 11.1. The Hall–Kier alpha value is -3.17. The minimum atomic E-state index is -1.40. The zero-order valence-corrected chi connectivity index (χ0v) is 16.9. The van der Waals surface area contributed by atoms with E-state index in [4.69, 9.17) is 16.3 Å². The van der Waals surface area contributed by atoms with Crippen molar-refractivity contribution in [3.05, 3.63) is 64.9 Å². The maximum absolute atomic E-state index is 12.5. The Kier molecular flexibility index (Phi) is 8.57. The van der Waals surface area contributed by atoms with Gasteiger partial charge in [-0.3, -0.25) is 4.79 Å². The number of rotatable bonds is 9. The van der Waals surface area contributed by atoms with E-state index < -0.39 is 36.2 Å². The Morgan fingerprint density at radius 3 is 2.37 bits per heavy atom. The molecule has 0 aliphatic rings. The van der Waals surface area contributed by atoms with Crippen molar-refractivity contribution in [1.29, 1.82) is 0 Å². The molecule has 1 aromatic heterocycles. The Morgan fingerprint density at radius 2 is 1.80 bits per heavy atom. The second-order valence-electron chi connectivity index (χ2n) is 6.52. The molecule has 2 amide bonds. The number of carbonyl (C=O) groups excluding carboxylic acids is 2. The van der Waals surface area contributed by atoms with Gasteiger partial charge >= 0.3 is 12.1 Å². The van der Waals surface area contributed by atoms with E-state index in [0.29, 0.717) is 5.56 Å². The third kappa shape index (κ3) is 7.34. The molecular formula is C20H22ClN3O6. The van der Waals surface area contributed by atoms with E-state index in [-0.39, 0.29) is 18.2 Å². The molecule has 0 aliphatic heterocycles. The molecule has 0 spiro atoms. The van der Waals surface area contributed by atoms with E-state index in [0.717, 1.165) is 5.56 Å². The van der Waals surface area contributed by atoms with Gasteiger partial charge in [0.1, 0.15) is 23.8 Å². The molecule has 2 rings (SSSR count). The number of ether oxygens (including phenoxy) is 1. The standard InChI is InChI=1S/C20H22ClN3O6/c1-12(25)17(24-20(29)30-11-13-5-3-2-4-6-13)18(26)23-15(19(27)28)9-14-7-8-16(21)22-10-14/h2-8,10,12,15,17,25H,9,11H2,1H3,(H,23,26)(H,24,29)(H,27,28)/t12-,15+,17+/m1/s1. The van der Waals surface area contributed by atoms with Crippen LogP contribution in [0.25, 0.3) is 0 Å². The summed E-state index contributed by atoms with van der Waals surface area (Å²) in [4.78, 5) is 39.9. The average Bonchev–Trinajstić information content (AvgIpc) is 2.71. The number of nitrogens with one attached hydrogen (secondary N) is 2. The highest BCUT2D eigenvalue weighted by atomic mass is 35.5. The maximum Gasteiger partial charge on any atom is 0.408 e. The largest absolute Gasteiger partial charge is 0.480 e. The fourth-order valence-corrected chi connectivity index (χ4v) is 2.63. The summed E-state index contributed by atoms with van der Waals surface area (Å²) in [5.74, 6) is -2.15. The van der Waals surface area contributed by atoms with E-state index in [1.807, 2.05) is 6.07 Å². The van der Waals surface area contributed by atoms with E-state index in [9.17, 15) is 24.6 Å². The van der Waals surface area contributed by atoms with Crippen LogP contribution in [0.4, 0.5) is 4.79 Å². The van der Waals surface area contributed by atoms with Crippen molar-refractivity contribution < 1.29 is 29.3 Å². The number of benzene rings is 1. The van der Waals surface area contributed by atoms with Gasteiger partial charge in [-0.1, -0.05) is 48.0 Å². The van der Waals surface area contributed by atoms with Gasteiger partial charge in [-0.25, -0.2) is 14.6 Å². The lowest BCUT2D eigenvalue weighted by molar-refractivity contribution is -0.142. The number of halogens is 1. The van der Waals surface area contributed by atoms with E-state index >= 15 is 0 Å². The highest BCUT2D eigenvalue weighted by Gasteiger charge is 2.30. The Labute approximate surface area is 178 Å². The van der Waals surface area contributed by atoms with Crippen LogP contribution in [0, 0.1) is 0 Å². The number of alkyl carbamates (subject to hydrolysis) is 1. The fraction of sp³-hybridized carbons (Fsp3) is 0.300. The van der Waals surface area contributed by atoms with Gasteiger partial charge in [0.15, 0.2) is 0 Å². The number of carboxylic acid groups (broad SMARTS) is 1. The molecule has 9 nitrogen and oxygen atoms in total. The van der Waals surface area contributed by atoms with Gasteiger partial charge in [0.25, 0.3) is 0 Å². The highest BCUT2D eigenvalue weighted by molar-refractivity contribution is 6.29. The van der Waals surface area contributed by atoms with Gasteiger partial charge < -0.3 is 25.6 Å². The minimum Gasteiger partial charge on any atom is -0.480 e. The molecule has 30 heavy (non-hydrogen) atoms. The van der Waals surface area contributed by atoms with Crippen molar-refractivity contribution in [3.63, 3.8) is 0 Å². The number of aliphatic carboxylic acids is 1. The van der Waals surface area contributed by atoms with Crippen molar-refractivity contribution in [2.24, 2.45) is 0 Å². The number of hydrogen-bond acceptors (Lipinski definition) is 6. The Morgan fingerprint density at radius 1 is 1.10 bits per heavy atom. The quantitative estimate of drug-likeness (QED) is 0.438. The number of aliphatic hydroxyl groups is 1. The first-order valence-electron chi connectivity index (χ1n) is 9.05. The number of amides is 2. The third-order valence-electron chi connectivity index (χ3n) is 4.09. The van der Waals surface area contributed by atoms with Gasteiger partial charge in [-0.05, 0) is 24.1 Å². The van der Waals surface area contributed by atoms with Crippen molar-refractivity contribution in [2.45, 2.75) is 38.1 Å². The number of pyridine rings is 1. The molecule has 0 saturated heterocycles. The van der Waals surface area contributed by atoms with Gasteiger partial charge in [-0.2, -0.15) is 0 Å². The maximum atomic E-state index is 12.5. The summed E-state index contributed by atoms with van der Waals surface area (Å²) >= 11 is 5.71. The molecule has 10 heteroatoms. The van der Waals surface area contributed by atoms with Crippen molar-refractivity contribution >= 4 is 29.6 Å². The van der Waals surface area contributed by atoms with Crippen LogP contribution in [0.15, 0.2) is 48.7 Å². The smallest absolute Gasteiger partial charge is 0.408 e. The monoisotopic (exact) mass is 435 g/mol. The molecule has 0 saturated carbocycles. The first kappa shape index (κ1) is 23.1. The van der Waals surface area contributed by atoms with E-state index in [1.165, 1.54) is 19.2 Å². The fourth-order valence-electron chi connectivity index (χ4n) is 2.52. The normalized spacial score (nSPS) is 13.6. The molecular weight excluding hydrogens is 414 g/mol. The SMILES string of the molecule is C[C@@H](O)[C@H](NC(=O)OCc1ccccc1)C(=O)N[C@@H](Cc1ccc(Cl)nc1)C(=O)O. The van der Waals surface area contributed by atoms with E-state index in [1.54, 1.807) is 30.3 Å². The molecule has 1 heterocycles. The molecule has 0 fully saturated rings. The van der Waals surface area contributed by atoms with Crippen molar-refractivity contribution in [2.75, 3.05) is 0 Å². The second-order valence-corrected chi connectivity index (χ2v) is 6.90. The Bertz CT molecular complexity index is 861. The number of aliphatic hydroxyl groups excluding tert-OH is 1. The lowest BCUT2D eigenvalue weighted by atomic mass is 10.1. The van der Waals surface area contributed by atoms with Crippen LogP contribution in [-0.4, -0.2) is 51.4 Å². The van der Waals surface area contributed by atoms with Crippen LogP contribution >= 0.6 is 11.6 Å². The lowest BCUT2D eigenvalue weighted by Crippen LogP contribution is -2.56. The van der Waals surface area contributed by atoms with Crippen LogP contribution in [-0.2, 0) is 27.4 Å². The van der Waals surface area contributed by atoms with Crippen LogP contribution in [0.3, 0.4) is 0 Å². The summed E-state index contributed by atoms with van der Waals surface area (Å²) in [5, 5.41) is 24.1. The van der Waals surface area contributed by atoms with Gasteiger partial charge in [-0.15, -0.1) is 0 Å². The number of carbonyl (C=O) groups is 3. The first-order chi connectivity index (χ1) is 14.3. The van der Waals surface area contributed by atoms with Crippen molar-refractivity contribution in [1.82, 2.24) is 15.6 Å². The lowest BCUT2D eigenvalue weighted by Gasteiger charge is -2.23. The Balaban J connectivity index is 1.97. The third-order valence-corrected chi connectivity index (χ3v) is 4.32. The average molecular weight is 436 g/mol. The first-order valence-corrected chi connectivity index (χ1v) is 9.43. The summed E-state index contributed by atoms with van der Waals surface area (Å²) in [7, 11) is 0. The van der Waals surface area contributed by atoms with Crippen LogP contribution < -0.4 is 10.6 Å². The zero-order valence-electron chi connectivity index (χ0n) is 16.1. The van der Waals surface area contributed by atoms with Gasteiger partial charge in [0.05, 0.1) is 6.10 Å². The summed E-state index contributed by atoms with van der Waals surface area (Å²) in [5.41, 5.74) is 1.28. The minimum absolute atomic E-state index is 0.0257. The van der Waals surface area contributed by atoms with Crippen molar-refractivity contribution in [3.8, 4) is 0 Å². The molecule has 0 unspecified atom stereocenters. The van der Waals surface area contributed by atoms with Crippen LogP contribution in [0.2, 0.25) is 5.15 Å². The van der Waals surface area contributed by atoms with Crippen LogP contribution in [0.5, 0.6) is 0 Å². The molecule has 160 valence electrons. The summed E-state index contributed by atoms with van der Waals surface area (Å²) < 4.78 is 5.04. The number of carboxylic acids is 1. The summed E-state index contributed by atoms with van der Waals surface area (Å²) in [6.45, 7) is 1.27. The van der Waals surface area contributed by atoms with E-state index in [2.05, 4.69) is 15.6 Å². The molecule has 4 N–H and O–H groups in total. The highest BCUT2D eigenvalue weighted by Crippen LogP contribution is 2.08. The summed E-state index contributed by atoms with van der Waals surface area (Å²) in [6, 6.07) is 9.28. The zero-order chi connectivity index (χ0) is 22.1. The number of nitrogens with zero attached hydrogens (tertiary/aromatic N) is 1. The molecule has 0 bridgehead atoms. The topological polar surface area (TPSA) is 138 Å². The number of hydrogen-bond donors (Lipinski definition) is 4.